The first-order valence-corrected chi connectivity index (χ1v) is 3.62. The summed E-state index contributed by atoms with van der Waals surface area (Å²) in [6, 6.07) is 0. The lowest BCUT2D eigenvalue weighted by Crippen LogP contribution is -2.11. The SMILES string of the molecule is O=C(Cl)C1CCC=C(F)C1. The molecule has 1 aliphatic carbocycles. The van der Waals surface area contributed by atoms with Crippen LogP contribution in [0.5, 0.6) is 0 Å². The topological polar surface area (TPSA) is 17.1 Å². The van der Waals surface area contributed by atoms with E-state index in [4.69, 9.17) is 11.6 Å². The summed E-state index contributed by atoms with van der Waals surface area (Å²) in [5, 5.41) is -0.414. The van der Waals surface area contributed by atoms with Crippen molar-refractivity contribution in [2.45, 2.75) is 19.3 Å². The second-order valence-electron chi connectivity index (χ2n) is 2.43. The van der Waals surface area contributed by atoms with E-state index in [9.17, 15) is 9.18 Å². The predicted octanol–water partition coefficient (Wildman–Crippen LogP) is 2.41. The van der Waals surface area contributed by atoms with Gasteiger partial charge in [0.05, 0.1) is 5.83 Å². The van der Waals surface area contributed by atoms with Gasteiger partial charge in [0.2, 0.25) is 5.24 Å². The third-order valence-electron chi connectivity index (χ3n) is 1.64. The molecule has 0 heterocycles. The zero-order chi connectivity index (χ0) is 7.56. The molecule has 0 aromatic heterocycles. The van der Waals surface area contributed by atoms with Crippen molar-refractivity contribution >= 4 is 16.8 Å². The molecule has 0 saturated carbocycles. The maximum atomic E-state index is 12.4. The fraction of sp³-hybridized carbons (Fsp3) is 0.571. The van der Waals surface area contributed by atoms with Crippen LogP contribution in [0.3, 0.4) is 0 Å². The molecule has 10 heavy (non-hydrogen) atoms. The summed E-state index contributed by atoms with van der Waals surface area (Å²) < 4.78 is 12.4. The zero-order valence-corrected chi connectivity index (χ0v) is 6.20. The molecule has 56 valence electrons. The first-order valence-electron chi connectivity index (χ1n) is 3.24. The molecule has 0 saturated heterocycles. The van der Waals surface area contributed by atoms with Crippen LogP contribution in [0.15, 0.2) is 11.9 Å². The number of rotatable bonds is 1. The van der Waals surface area contributed by atoms with E-state index in [1.165, 1.54) is 6.08 Å². The van der Waals surface area contributed by atoms with Crippen molar-refractivity contribution in [3.8, 4) is 0 Å². The number of allylic oxidation sites excluding steroid dienone is 2. The first kappa shape index (κ1) is 7.73. The highest BCUT2D eigenvalue weighted by atomic mass is 35.5. The third-order valence-corrected chi connectivity index (χ3v) is 1.95. The minimum atomic E-state index is -0.414. The Morgan fingerprint density at radius 1 is 1.80 bits per heavy atom. The van der Waals surface area contributed by atoms with Crippen LogP contribution in [0.25, 0.3) is 0 Å². The fourth-order valence-electron chi connectivity index (χ4n) is 1.06. The highest BCUT2D eigenvalue weighted by Gasteiger charge is 2.20. The molecule has 1 aliphatic rings. The van der Waals surface area contributed by atoms with Crippen LogP contribution < -0.4 is 0 Å². The average molecular weight is 163 g/mol. The van der Waals surface area contributed by atoms with Gasteiger partial charge in [-0.3, -0.25) is 4.79 Å². The van der Waals surface area contributed by atoms with Gasteiger partial charge in [0.15, 0.2) is 0 Å². The Bertz CT molecular complexity index is 176. The van der Waals surface area contributed by atoms with Gasteiger partial charge in [-0.2, -0.15) is 0 Å². The molecule has 0 aliphatic heterocycles. The van der Waals surface area contributed by atoms with Gasteiger partial charge >= 0.3 is 0 Å². The van der Waals surface area contributed by atoms with E-state index < -0.39 is 5.24 Å². The summed E-state index contributed by atoms with van der Waals surface area (Å²) in [5.74, 6) is -0.489. The summed E-state index contributed by atoms with van der Waals surface area (Å²) in [6.07, 6.45) is 3.03. The van der Waals surface area contributed by atoms with Gasteiger partial charge in [-0.15, -0.1) is 0 Å². The molecule has 0 bridgehead atoms. The number of hydrogen-bond donors (Lipinski definition) is 0. The summed E-state index contributed by atoms with van der Waals surface area (Å²) >= 11 is 5.19. The van der Waals surface area contributed by atoms with Crippen molar-refractivity contribution in [1.82, 2.24) is 0 Å². The minimum absolute atomic E-state index is 0.197. The standard InChI is InChI=1S/C7H8ClFO/c8-7(10)5-2-1-3-6(9)4-5/h3,5H,1-2,4H2. The molecule has 1 rings (SSSR count). The Hall–Kier alpha value is -0.370. The van der Waals surface area contributed by atoms with Crippen LogP contribution in [0.1, 0.15) is 19.3 Å². The van der Waals surface area contributed by atoms with Crippen LogP contribution >= 0.6 is 11.6 Å². The van der Waals surface area contributed by atoms with E-state index in [0.29, 0.717) is 12.8 Å². The van der Waals surface area contributed by atoms with Crippen molar-refractivity contribution in [3.05, 3.63) is 11.9 Å². The fourth-order valence-corrected chi connectivity index (χ4v) is 1.24. The molecular weight excluding hydrogens is 155 g/mol. The Morgan fingerprint density at radius 2 is 2.50 bits per heavy atom. The molecule has 0 aromatic rings. The number of hydrogen-bond acceptors (Lipinski definition) is 1. The first-order chi connectivity index (χ1) is 4.70. The average Bonchev–Trinajstić information content (AvgIpc) is 1.88. The van der Waals surface area contributed by atoms with Crippen molar-refractivity contribution in [1.29, 1.82) is 0 Å². The van der Waals surface area contributed by atoms with Crippen molar-refractivity contribution in [2.75, 3.05) is 0 Å². The summed E-state index contributed by atoms with van der Waals surface area (Å²) in [4.78, 5) is 10.5. The van der Waals surface area contributed by atoms with Crippen molar-refractivity contribution < 1.29 is 9.18 Å². The van der Waals surface area contributed by atoms with Crippen molar-refractivity contribution in [3.63, 3.8) is 0 Å². The second-order valence-corrected chi connectivity index (χ2v) is 2.81. The second kappa shape index (κ2) is 3.15. The largest absolute Gasteiger partial charge is 0.281 e. The Balaban J connectivity index is 2.53. The molecule has 0 radical (unpaired) electrons. The van der Waals surface area contributed by atoms with E-state index in [1.54, 1.807) is 0 Å². The molecule has 1 nitrogen and oxygen atoms in total. The van der Waals surface area contributed by atoms with E-state index in [2.05, 4.69) is 0 Å². The Kier molecular flexibility index (Phi) is 2.44. The van der Waals surface area contributed by atoms with Crippen LogP contribution in [0, 0.1) is 5.92 Å². The summed E-state index contributed by atoms with van der Waals surface area (Å²) in [6.45, 7) is 0. The Morgan fingerprint density at radius 3 is 2.90 bits per heavy atom. The van der Waals surface area contributed by atoms with Gasteiger partial charge in [-0.05, 0) is 24.4 Å². The van der Waals surface area contributed by atoms with E-state index >= 15 is 0 Å². The molecule has 0 fully saturated rings. The maximum Gasteiger partial charge on any atom is 0.225 e. The van der Waals surface area contributed by atoms with E-state index in [0.717, 1.165) is 0 Å². The van der Waals surface area contributed by atoms with Gasteiger partial charge in [0.1, 0.15) is 0 Å². The normalized spacial score (nSPS) is 25.8. The van der Waals surface area contributed by atoms with Crippen LogP contribution in [0.2, 0.25) is 0 Å². The number of halogens is 2. The summed E-state index contributed by atoms with van der Waals surface area (Å²) in [7, 11) is 0. The van der Waals surface area contributed by atoms with Gasteiger partial charge in [0, 0.05) is 12.3 Å². The molecule has 0 spiro atoms. The van der Waals surface area contributed by atoms with Crippen LogP contribution in [-0.4, -0.2) is 5.24 Å². The number of carbonyl (C=O) groups is 1. The predicted molar refractivity (Wildman–Crippen MR) is 37.4 cm³/mol. The molecule has 3 heteroatoms. The Labute approximate surface area is 63.9 Å². The van der Waals surface area contributed by atoms with Gasteiger partial charge in [-0.1, -0.05) is 6.08 Å². The molecule has 1 unspecified atom stereocenters. The lowest BCUT2D eigenvalue weighted by atomic mass is 9.95. The monoisotopic (exact) mass is 162 g/mol. The quantitative estimate of drug-likeness (QED) is 0.541. The zero-order valence-electron chi connectivity index (χ0n) is 5.44. The van der Waals surface area contributed by atoms with Crippen molar-refractivity contribution in [2.24, 2.45) is 5.92 Å². The molecular formula is C7H8ClFO. The summed E-state index contributed by atoms with van der Waals surface area (Å²) in [5.41, 5.74) is 0. The highest BCUT2D eigenvalue weighted by Crippen LogP contribution is 2.26. The van der Waals surface area contributed by atoms with E-state index in [-0.39, 0.29) is 18.2 Å². The van der Waals surface area contributed by atoms with Crippen LogP contribution in [-0.2, 0) is 4.79 Å². The van der Waals surface area contributed by atoms with Gasteiger partial charge < -0.3 is 0 Å². The molecule has 1 atom stereocenters. The molecule has 0 N–H and O–H groups in total. The van der Waals surface area contributed by atoms with Crippen LogP contribution in [0.4, 0.5) is 4.39 Å². The lowest BCUT2D eigenvalue weighted by molar-refractivity contribution is -0.115. The lowest BCUT2D eigenvalue weighted by Gasteiger charge is -2.13. The van der Waals surface area contributed by atoms with Gasteiger partial charge in [0.25, 0.3) is 0 Å². The minimum Gasteiger partial charge on any atom is -0.281 e. The third kappa shape index (κ3) is 1.81. The van der Waals surface area contributed by atoms with E-state index in [1.807, 2.05) is 0 Å². The highest BCUT2D eigenvalue weighted by molar-refractivity contribution is 6.64. The van der Waals surface area contributed by atoms with Gasteiger partial charge in [-0.25, -0.2) is 4.39 Å². The maximum absolute atomic E-state index is 12.4. The molecule has 0 amide bonds. The number of carbonyl (C=O) groups excluding carboxylic acids is 1. The molecule has 0 aromatic carbocycles. The smallest absolute Gasteiger partial charge is 0.225 e.